The third-order valence-corrected chi connectivity index (χ3v) is 6.58. The monoisotopic (exact) mass is 408 g/mol. The first-order valence-electron chi connectivity index (χ1n) is 9.55. The van der Waals surface area contributed by atoms with E-state index in [0.717, 1.165) is 17.7 Å². The molecule has 2 aliphatic heterocycles. The van der Waals surface area contributed by atoms with Crippen LogP contribution in [0.15, 0.2) is 46.4 Å². The summed E-state index contributed by atoms with van der Waals surface area (Å²) in [6.45, 7) is 6.13. The van der Waals surface area contributed by atoms with Gasteiger partial charge in [-0.2, -0.15) is 5.10 Å². The quantitative estimate of drug-likeness (QED) is 0.658. The molecule has 29 heavy (non-hydrogen) atoms. The maximum atomic E-state index is 13.4. The predicted octanol–water partition coefficient (Wildman–Crippen LogP) is 1.49. The molecule has 8 heteroatoms. The lowest BCUT2D eigenvalue weighted by Gasteiger charge is -2.45. The largest absolute Gasteiger partial charge is 0.465 e. The van der Waals surface area contributed by atoms with Gasteiger partial charge in [-0.3, -0.25) is 18.8 Å². The smallest absolute Gasteiger partial charge is 0.270 e. The van der Waals surface area contributed by atoms with E-state index in [1.54, 1.807) is 10.8 Å². The molecule has 0 aliphatic carbocycles. The van der Waals surface area contributed by atoms with Crippen LogP contribution in [-0.2, 0) is 11.3 Å². The number of thiazole rings is 1. The number of hydrogen-bond donors (Lipinski definition) is 0. The summed E-state index contributed by atoms with van der Waals surface area (Å²) < 4.78 is 10.2. The van der Waals surface area contributed by atoms with Gasteiger partial charge < -0.3 is 4.74 Å². The van der Waals surface area contributed by atoms with E-state index in [4.69, 9.17) is 9.73 Å². The van der Waals surface area contributed by atoms with Crippen LogP contribution in [0.5, 0.6) is 5.75 Å². The standard InChI is InChI=1S/C21H20N4O3S/c1-4-24-11-13(10-22-24)9-16-19(27)25-18-14-7-5-6-8-15(14)28-21(3,17(18)12(2)26)23-20(25)29-16/h5-11,17-18H,4H2,1-3H3/b16-9-/t17-,18+,21-/m1/s1. The third-order valence-electron chi connectivity index (χ3n) is 5.59. The molecular weight excluding hydrogens is 388 g/mol. The van der Waals surface area contributed by atoms with Crippen LogP contribution >= 0.6 is 11.3 Å². The summed E-state index contributed by atoms with van der Waals surface area (Å²) >= 11 is 1.32. The molecule has 2 bridgehead atoms. The number of para-hydroxylation sites is 1. The number of aryl methyl sites for hydroxylation is 1. The molecule has 0 N–H and O–H groups in total. The Kier molecular flexibility index (Phi) is 3.89. The van der Waals surface area contributed by atoms with Crippen LogP contribution in [0, 0.1) is 5.92 Å². The number of Topliss-reactive ketones (excluding diaryl/α,β-unsaturated/α-hetero) is 1. The zero-order valence-electron chi connectivity index (χ0n) is 16.3. The van der Waals surface area contributed by atoms with E-state index in [1.807, 2.05) is 55.1 Å². The summed E-state index contributed by atoms with van der Waals surface area (Å²) in [5.74, 6) is 0.0573. The maximum absolute atomic E-state index is 13.4. The average Bonchev–Trinajstić information content (AvgIpc) is 3.25. The molecule has 3 atom stereocenters. The molecule has 0 spiro atoms. The van der Waals surface area contributed by atoms with E-state index in [0.29, 0.717) is 15.1 Å². The summed E-state index contributed by atoms with van der Waals surface area (Å²) in [4.78, 5) is 31.3. The highest BCUT2D eigenvalue weighted by atomic mass is 32.1. The molecule has 0 unspecified atom stereocenters. The first-order chi connectivity index (χ1) is 13.9. The highest BCUT2D eigenvalue weighted by Gasteiger charge is 2.53. The van der Waals surface area contributed by atoms with Crippen LogP contribution in [0.1, 0.15) is 37.9 Å². The SMILES string of the molecule is CCn1cc(/C=c2\sc3n(c2=O)[C@H]2c4ccccc4O[C@@](C)(N=3)[C@@H]2C(C)=O)cn1. The predicted molar refractivity (Wildman–Crippen MR) is 109 cm³/mol. The van der Waals surface area contributed by atoms with E-state index in [2.05, 4.69) is 5.10 Å². The van der Waals surface area contributed by atoms with Crippen LogP contribution in [0.25, 0.3) is 6.08 Å². The fourth-order valence-electron chi connectivity index (χ4n) is 4.33. The fourth-order valence-corrected chi connectivity index (χ4v) is 5.43. The Balaban J connectivity index is 1.78. The number of carbonyl (C=O) groups is 1. The molecule has 4 heterocycles. The van der Waals surface area contributed by atoms with Crippen LogP contribution in [0.2, 0.25) is 0 Å². The molecule has 0 saturated heterocycles. The average molecular weight is 408 g/mol. The molecule has 2 aromatic heterocycles. The summed E-state index contributed by atoms with van der Waals surface area (Å²) in [6.07, 6.45) is 5.46. The van der Waals surface area contributed by atoms with Gasteiger partial charge in [-0.05, 0) is 32.9 Å². The first kappa shape index (κ1) is 18.1. The van der Waals surface area contributed by atoms with Crippen LogP contribution in [0.3, 0.4) is 0 Å². The second-order valence-corrected chi connectivity index (χ2v) is 8.55. The lowest BCUT2D eigenvalue weighted by Crippen LogP contribution is -2.58. The molecule has 1 aromatic carbocycles. The first-order valence-corrected chi connectivity index (χ1v) is 10.4. The summed E-state index contributed by atoms with van der Waals surface area (Å²) in [5.41, 5.74) is 0.517. The Morgan fingerprint density at radius 2 is 2.17 bits per heavy atom. The minimum atomic E-state index is -1.04. The molecule has 5 rings (SSSR count). The van der Waals surface area contributed by atoms with E-state index in [9.17, 15) is 9.59 Å². The van der Waals surface area contributed by atoms with Gasteiger partial charge >= 0.3 is 0 Å². The van der Waals surface area contributed by atoms with Crippen molar-refractivity contribution in [3.8, 4) is 5.75 Å². The Hall–Kier alpha value is -3.00. The zero-order chi connectivity index (χ0) is 20.3. The van der Waals surface area contributed by atoms with Crippen molar-refractivity contribution in [2.45, 2.75) is 39.1 Å². The van der Waals surface area contributed by atoms with Crippen molar-refractivity contribution in [1.82, 2.24) is 14.3 Å². The number of fused-ring (bicyclic) bond motifs is 6. The summed E-state index contributed by atoms with van der Waals surface area (Å²) in [6, 6.07) is 7.13. The third kappa shape index (κ3) is 2.62. The Morgan fingerprint density at radius 3 is 2.90 bits per heavy atom. The van der Waals surface area contributed by atoms with Gasteiger partial charge in [0.15, 0.2) is 4.80 Å². The van der Waals surface area contributed by atoms with Gasteiger partial charge in [-0.1, -0.05) is 29.5 Å². The van der Waals surface area contributed by atoms with Crippen molar-refractivity contribution >= 4 is 23.2 Å². The summed E-state index contributed by atoms with van der Waals surface area (Å²) in [7, 11) is 0. The van der Waals surface area contributed by atoms with Gasteiger partial charge in [0.05, 0.1) is 16.8 Å². The van der Waals surface area contributed by atoms with Gasteiger partial charge in [0.1, 0.15) is 17.5 Å². The zero-order valence-corrected chi connectivity index (χ0v) is 17.1. The number of ether oxygens (including phenoxy) is 1. The van der Waals surface area contributed by atoms with Crippen molar-refractivity contribution in [2.24, 2.45) is 10.9 Å². The molecule has 0 amide bonds. The number of carbonyl (C=O) groups excluding carboxylic acids is 1. The number of ketones is 1. The lowest BCUT2D eigenvalue weighted by molar-refractivity contribution is -0.132. The normalized spacial score (nSPS) is 25.0. The molecule has 0 radical (unpaired) electrons. The van der Waals surface area contributed by atoms with Crippen molar-refractivity contribution in [3.63, 3.8) is 0 Å². The van der Waals surface area contributed by atoms with Crippen LogP contribution < -0.4 is 19.6 Å². The van der Waals surface area contributed by atoms with E-state index in [1.165, 1.54) is 18.3 Å². The van der Waals surface area contributed by atoms with E-state index in [-0.39, 0.29) is 11.3 Å². The Morgan fingerprint density at radius 1 is 1.38 bits per heavy atom. The van der Waals surface area contributed by atoms with E-state index < -0.39 is 17.7 Å². The Labute approximate surface area is 170 Å². The molecule has 3 aromatic rings. The van der Waals surface area contributed by atoms with E-state index >= 15 is 0 Å². The van der Waals surface area contributed by atoms with Gasteiger partial charge in [0.25, 0.3) is 5.56 Å². The Bertz CT molecular complexity index is 1320. The number of nitrogens with zero attached hydrogens (tertiary/aromatic N) is 4. The minimum Gasteiger partial charge on any atom is -0.465 e. The van der Waals surface area contributed by atoms with Crippen molar-refractivity contribution < 1.29 is 9.53 Å². The molecule has 148 valence electrons. The topological polar surface area (TPSA) is 78.5 Å². The second kappa shape index (κ2) is 6.25. The second-order valence-electron chi connectivity index (χ2n) is 7.54. The highest BCUT2D eigenvalue weighted by Crippen LogP contribution is 2.47. The molecule has 0 saturated carbocycles. The molecule has 0 fully saturated rings. The van der Waals surface area contributed by atoms with Crippen molar-refractivity contribution in [1.29, 1.82) is 0 Å². The number of hydrogen-bond acceptors (Lipinski definition) is 6. The maximum Gasteiger partial charge on any atom is 0.270 e. The lowest BCUT2D eigenvalue weighted by atomic mass is 9.79. The fraction of sp³-hybridized carbons (Fsp3) is 0.333. The highest BCUT2D eigenvalue weighted by molar-refractivity contribution is 7.07. The van der Waals surface area contributed by atoms with Gasteiger partial charge in [-0.25, -0.2) is 4.99 Å². The molecule has 7 nitrogen and oxygen atoms in total. The number of benzene rings is 1. The van der Waals surface area contributed by atoms with Gasteiger partial charge in [0, 0.05) is 23.9 Å². The van der Waals surface area contributed by atoms with Gasteiger partial charge in [-0.15, -0.1) is 0 Å². The summed E-state index contributed by atoms with van der Waals surface area (Å²) in [5, 5.41) is 4.26. The number of aromatic nitrogens is 3. The van der Waals surface area contributed by atoms with Crippen LogP contribution in [-0.4, -0.2) is 25.9 Å². The van der Waals surface area contributed by atoms with Crippen molar-refractivity contribution in [2.75, 3.05) is 0 Å². The van der Waals surface area contributed by atoms with Gasteiger partial charge in [0.2, 0.25) is 5.72 Å². The molecule has 2 aliphatic rings. The van der Waals surface area contributed by atoms with Crippen molar-refractivity contribution in [3.05, 3.63) is 67.5 Å². The molecular formula is C21H20N4O3S. The number of rotatable bonds is 3. The minimum absolute atomic E-state index is 0.0470. The van der Waals surface area contributed by atoms with Crippen LogP contribution in [0.4, 0.5) is 0 Å².